The lowest BCUT2D eigenvalue weighted by Gasteiger charge is -2.21. The smallest absolute Gasteiger partial charge is 0.0592 e. The normalized spacial score (nSPS) is 19.0. The highest BCUT2D eigenvalue weighted by Gasteiger charge is 2.16. The number of nitrogens with one attached hydrogen (secondary N) is 1. The van der Waals surface area contributed by atoms with Crippen molar-refractivity contribution in [3.05, 3.63) is 29.3 Å². The van der Waals surface area contributed by atoms with Gasteiger partial charge in [-0.25, -0.2) is 0 Å². The minimum Gasteiger partial charge on any atom is -0.384 e. The molecule has 0 amide bonds. The fourth-order valence-electron chi connectivity index (χ4n) is 2.99. The van der Waals surface area contributed by atoms with Crippen LogP contribution in [0.1, 0.15) is 69.9 Å². The summed E-state index contributed by atoms with van der Waals surface area (Å²) in [6.07, 6.45) is 4.04. The first kappa shape index (κ1) is 15.4. The first-order chi connectivity index (χ1) is 9.59. The number of para-hydroxylation sites is 1. The van der Waals surface area contributed by atoms with Crippen molar-refractivity contribution in [2.24, 2.45) is 0 Å². The van der Waals surface area contributed by atoms with Crippen LogP contribution in [0.2, 0.25) is 0 Å². The molecule has 2 rings (SSSR count). The van der Waals surface area contributed by atoms with Crippen LogP contribution >= 0.6 is 0 Å². The molecule has 1 aromatic rings. The summed E-state index contributed by atoms with van der Waals surface area (Å²) < 4.78 is 5.71. The summed E-state index contributed by atoms with van der Waals surface area (Å²) in [5, 5.41) is 3.69. The highest BCUT2D eigenvalue weighted by atomic mass is 16.5. The van der Waals surface area contributed by atoms with E-state index in [0.717, 1.165) is 19.6 Å². The fourth-order valence-corrected chi connectivity index (χ4v) is 2.99. The van der Waals surface area contributed by atoms with Gasteiger partial charge < -0.3 is 10.1 Å². The molecule has 1 unspecified atom stereocenters. The Bertz CT molecular complexity index is 393. The zero-order chi connectivity index (χ0) is 14.5. The second-order valence-electron chi connectivity index (χ2n) is 6.47. The molecule has 2 nitrogen and oxygen atoms in total. The van der Waals surface area contributed by atoms with E-state index in [0.29, 0.717) is 17.9 Å². The topological polar surface area (TPSA) is 21.3 Å². The Morgan fingerprint density at radius 3 is 2.30 bits per heavy atom. The van der Waals surface area contributed by atoms with Crippen LogP contribution in [-0.2, 0) is 4.74 Å². The lowest BCUT2D eigenvalue weighted by molar-refractivity contribution is 0.107. The molecule has 1 aliphatic heterocycles. The molecular formula is C18H29NO. The lowest BCUT2D eigenvalue weighted by Crippen LogP contribution is -2.15. The zero-order valence-corrected chi connectivity index (χ0v) is 13.4. The average molecular weight is 275 g/mol. The van der Waals surface area contributed by atoms with E-state index in [1.54, 1.807) is 0 Å². The largest absolute Gasteiger partial charge is 0.384 e. The van der Waals surface area contributed by atoms with Crippen molar-refractivity contribution in [1.29, 1.82) is 0 Å². The zero-order valence-electron chi connectivity index (χ0n) is 13.4. The molecule has 20 heavy (non-hydrogen) atoms. The summed E-state index contributed by atoms with van der Waals surface area (Å²) in [4.78, 5) is 0. The summed E-state index contributed by atoms with van der Waals surface area (Å²) in [7, 11) is 0. The van der Waals surface area contributed by atoms with Gasteiger partial charge in [0, 0.05) is 18.8 Å². The first-order valence-corrected chi connectivity index (χ1v) is 8.08. The third-order valence-corrected chi connectivity index (χ3v) is 4.17. The van der Waals surface area contributed by atoms with Crippen LogP contribution in [0.4, 0.5) is 5.69 Å². The molecule has 2 heteroatoms. The van der Waals surface area contributed by atoms with Gasteiger partial charge in [0.25, 0.3) is 0 Å². The minimum atomic E-state index is 0.469. The molecule has 0 radical (unpaired) electrons. The minimum absolute atomic E-state index is 0.469. The third kappa shape index (κ3) is 3.76. The van der Waals surface area contributed by atoms with Crippen LogP contribution < -0.4 is 5.32 Å². The molecule has 1 aliphatic rings. The third-order valence-electron chi connectivity index (χ3n) is 4.17. The molecule has 0 aliphatic carbocycles. The molecule has 1 heterocycles. The van der Waals surface area contributed by atoms with Crippen LogP contribution in [0.25, 0.3) is 0 Å². The number of hydrogen-bond donors (Lipinski definition) is 1. The maximum Gasteiger partial charge on any atom is 0.0592 e. The summed E-state index contributed by atoms with van der Waals surface area (Å²) in [5.74, 6) is 1.11. The van der Waals surface area contributed by atoms with Crippen LogP contribution in [-0.4, -0.2) is 19.3 Å². The molecule has 0 bridgehead atoms. The second-order valence-corrected chi connectivity index (χ2v) is 6.47. The van der Waals surface area contributed by atoms with Gasteiger partial charge in [-0.1, -0.05) is 45.9 Å². The van der Waals surface area contributed by atoms with E-state index in [4.69, 9.17) is 4.74 Å². The van der Waals surface area contributed by atoms with Gasteiger partial charge in [0.05, 0.1) is 6.10 Å². The molecule has 1 aromatic carbocycles. The molecule has 1 N–H and O–H groups in total. The van der Waals surface area contributed by atoms with E-state index in [2.05, 4.69) is 51.2 Å². The summed E-state index contributed by atoms with van der Waals surface area (Å²) in [6, 6.07) is 6.70. The SMILES string of the molecule is CC(C)c1cccc(C(C)C)c1NCCC1CCCO1. The van der Waals surface area contributed by atoms with E-state index in [-0.39, 0.29) is 0 Å². The Balaban J connectivity index is 2.06. The van der Waals surface area contributed by atoms with Crippen LogP contribution in [0.5, 0.6) is 0 Å². The van der Waals surface area contributed by atoms with Crippen LogP contribution in [0.15, 0.2) is 18.2 Å². The Hall–Kier alpha value is -1.02. The molecule has 1 fully saturated rings. The Kier molecular flexibility index (Phi) is 5.47. The lowest BCUT2D eigenvalue weighted by atomic mass is 9.92. The van der Waals surface area contributed by atoms with Crippen molar-refractivity contribution in [1.82, 2.24) is 0 Å². The Labute approximate surface area is 123 Å². The summed E-state index contributed by atoms with van der Waals surface area (Å²) >= 11 is 0. The highest BCUT2D eigenvalue weighted by molar-refractivity contribution is 5.60. The van der Waals surface area contributed by atoms with Gasteiger partial charge in [-0.05, 0) is 42.2 Å². The molecule has 0 saturated carbocycles. The van der Waals surface area contributed by atoms with Crippen molar-refractivity contribution in [3.8, 4) is 0 Å². The summed E-state index contributed by atoms with van der Waals surface area (Å²) in [6.45, 7) is 11.0. The number of anilines is 1. The number of rotatable bonds is 6. The summed E-state index contributed by atoms with van der Waals surface area (Å²) in [5.41, 5.74) is 4.22. The van der Waals surface area contributed by atoms with Crippen LogP contribution in [0, 0.1) is 0 Å². The van der Waals surface area contributed by atoms with Crippen molar-refractivity contribution in [2.75, 3.05) is 18.5 Å². The van der Waals surface area contributed by atoms with Gasteiger partial charge in [0.2, 0.25) is 0 Å². The monoisotopic (exact) mass is 275 g/mol. The molecule has 112 valence electrons. The second kappa shape index (κ2) is 7.12. The molecule has 0 spiro atoms. The fraction of sp³-hybridized carbons (Fsp3) is 0.667. The average Bonchev–Trinajstić information content (AvgIpc) is 2.91. The Morgan fingerprint density at radius 1 is 1.15 bits per heavy atom. The van der Waals surface area contributed by atoms with Crippen molar-refractivity contribution < 1.29 is 4.74 Å². The maximum absolute atomic E-state index is 5.71. The first-order valence-electron chi connectivity index (χ1n) is 8.08. The van der Waals surface area contributed by atoms with E-state index >= 15 is 0 Å². The molecule has 1 atom stereocenters. The van der Waals surface area contributed by atoms with Gasteiger partial charge in [0.15, 0.2) is 0 Å². The van der Waals surface area contributed by atoms with Gasteiger partial charge >= 0.3 is 0 Å². The molecule has 0 aromatic heterocycles. The number of hydrogen-bond acceptors (Lipinski definition) is 2. The van der Waals surface area contributed by atoms with Crippen molar-refractivity contribution >= 4 is 5.69 Å². The number of benzene rings is 1. The van der Waals surface area contributed by atoms with Gasteiger partial charge in [-0.3, -0.25) is 0 Å². The number of ether oxygens (including phenoxy) is 1. The predicted octanol–water partition coefficient (Wildman–Crippen LogP) is 4.91. The highest BCUT2D eigenvalue weighted by Crippen LogP contribution is 2.32. The van der Waals surface area contributed by atoms with E-state index in [9.17, 15) is 0 Å². The Morgan fingerprint density at radius 2 is 1.80 bits per heavy atom. The van der Waals surface area contributed by atoms with Crippen molar-refractivity contribution in [2.45, 2.75) is 64.9 Å². The quantitative estimate of drug-likeness (QED) is 0.796. The standard InChI is InChI=1S/C18H29NO/c1-13(2)16-8-5-9-17(14(3)4)18(16)19-11-10-15-7-6-12-20-15/h5,8-9,13-15,19H,6-7,10-12H2,1-4H3. The molecular weight excluding hydrogens is 246 g/mol. The van der Waals surface area contributed by atoms with Gasteiger partial charge in [0.1, 0.15) is 0 Å². The van der Waals surface area contributed by atoms with Gasteiger partial charge in [-0.2, -0.15) is 0 Å². The predicted molar refractivity (Wildman–Crippen MR) is 86.7 cm³/mol. The van der Waals surface area contributed by atoms with Crippen molar-refractivity contribution in [3.63, 3.8) is 0 Å². The molecule has 1 saturated heterocycles. The van der Waals surface area contributed by atoms with Gasteiger partial charge in [-0.15, -0.1) is 0 Å². The van der Waals surface area contributed by atoms with E-state index in [1.165, 1.54) is 29.7 Å². The van der Waals surface area contributed by atoms with Crippen LogP contribution in [0.3, 0.4) is 0 Å². The van der Waals surface area contributed by atoms with E-state index < -0.39 is 0 Å². The maximum atomic E-state index is 5.71. The van der Waals surface area contributed by atoms with E-state index in [1.807, 2.05) is 0 Å².